The van der Waals surface area contributed by atoms with Gasteiger partial charge in [-0.1, -0.05) is 0 Å². The fourth-order valence-electron chi connectivity index (χ4n) is 1.02. The molecular formula is C8H7BrN4. The largest absolute Gasteiger partial charge is 0.396 e. The van der Waals surface area contributed by atoms with Crippen molar-refractivity contribution in [2.75, 3.05) is 5.73 Å². The van der Waals surface area contributed by atoms with E-state index >= 15 is 0 Å². The highest BCUT2D eigenvalue weighted by molar-refractivity contribution is 9.10. The summed E-state index contributed by atoms with van der Waals surface area (Å²) in [5.74, 6) is 0. The normalized spacial score (nSPS) is 10.2. The van der Waals surface area contributed by atoms with Crippen LogP contribution in [0.3, 0.4) is 0 Å². The van der Waals surface area contributed by atoms with E-state index in [2.05, 4.69) is 31.1 Å². The van der Waals surface area contributed by atoms with E-state index < -0.39 is 0 Å². The number of anilines is 1. The lowest BCUT2D eigenvalue weighted by Crippen LogP contribution is -1.88. The van der Waals surface area contributed by atoms with Crippen LogP contribution in [0.25, 0.3) is 11.4 Å². The number of halogens is 1. The number of H-pyrrole nitrogens is 1. The summed E-state index contributed by atoms with van der Waals surface area (Å²) in [5.41, 5.74) is 7.82. The molecule has 5 heteroatoms. The van der Waals surface area contributed by atoms with Crippen LogP contribution in [0.4, 0.5) is 5.69 Å². The average Bonchev–Trinajstić information content (AvgIpc) is 2.53. The summed E-state index contributed by atoms with van der Waals surface area (Å²) >= 11 is 3.31. The summed E-state index contributed by atoms with van der Waals surface area (Å²) in [4.78, 5) is 4.18. The molecule has 0 aliphatic rings. The van der Waals surface area contributed by atoms with Crippen molar-refractivity contribution in [2.45, 2.75) is 0 Å². The third kappa shape index (κ3) is 1.55. The molecule has 0 aromatic carbocycles. The zero-order chi connectivity index (χ0) is 9.26. The van der Waals surface area contributed by atoms with Crippen molar-refractivity contribution in [1.29, 1.82) is 0 Å². The third-order valence-corrected chi connectivity index (χ3v) is 2.12. The lowest BCUT2D eigenvalue weighted by Gasteiger charge is -1.97. The molecule has 0 spiro atoms. The number of nitrogens with one attached hydrogen (secondary N) is 1. The number of pyridine rings is 1. The van der Waals surface area contributed by atoms with E-state index in [1.165, 1.54) is 0 Å². The number of aromatic amines is 1. The highest BCUT2D eigenvalue weighted by atomic mass is 79.9. The molecule has 0 unspecified atom stereocenters. The second-order valence-corrected chi connectivity index (χ2v) is 3.48. The molecule has 0 atom stereocenters. The first kappa shape index (κ1) is 8.25. The van der Waals surface area contributed by atoms with Crippen molar-refractivity contribution in [1.82, 2.24) is 15.2 Å². The SMILES string of the molecule is Nc1cn[nH]c1-c1ccc(Br)cn1. The topological polar surface area (TPSA) is 67.6 Å². The molecule has 2 aromatic heterocycles. The molecule has 2 aromatic rings. The van der Waals surface area contributed by atoms with Crippen LogP contribution >= 0.6 is 15.9 Å². The Labute approximate surface area is 83.3 Å². The van der Waals surface area contributed by atoms with E-state index in [0.717, 1.165) is 15.9 Å². The molecule has 0 radical (unpaired) electrons. The number of rotatable bonds is 1. The number of hydrogen-bond acceptors (Lipinski definition) is 3. The van der Waals surface area contributed by atoms with Crippen molar-refractivity contribution < 1.29 is 0 Å². The van der Waals surface area contributed by atoms with Crippen LogP contribution < -0.4 is 5.73 Å². The van der Waals surface area contributed by atoms with Crippen LogP contribution in [-0.4, -0.2) is 15.2 Å². The first-order chi connectivity index (χ1) is 6.27. The first-order valence-electron chi connectivity index (χ1n) is 3.68. The van der Waals surface area contributed by atoms with Crippen LogP contribution in [0.15, 0.2) is 29.0 Å². The van der Waals surface area contributed by atoms with Gasteiger partial charge in [-0.15, -0.1) is 0 Å². The van der Waals surface area contributed by atoms with Crippen LogP contribution in [0.1, 0.15) is 0 Å². The number of nitrogens with two attached hydrogens (primary N) is 1. The van der Waals surface area contributed by atoms with Crippen LogP contribution in [0.5, 0.6) is 0 Å². The van der Waals surface area contributed by atoms with Crippen molar-refractivity contribution in [3.05, 3.63) is 29.0 Å². The molecule has 2 heterocycles. The summed E-state index contributed by atoms with van der Waals surface area (Å²) in [6, 6.07) is 3.77. The molecule has 0 amide bonds. The maximum atomic E-state index is 5.67. The minimum atomic E-state index is 0.606. The van der Waals surface area contributed by atoms with Gasteiger partial charge in [0.1, 0.15) is 5.69 Å². The molecule has 0 aliphatic carbocycles. The summed E-state index contributed by atoms with van der Waals surface area (Å²) < 4.78 is 0.939. The first-order valence-corrected chi connectivity index (χ1v) is 4.47. The minimum Gasteiger partial charge on any atom is -0.396 e. The van der Waals surface area contributed by atoms with Gasteiger partial charge in [0.05, 0.1) is 17.6 Å². The average molecular weight is 239 g/mol. The Balaban J connectivity index is 2.47. The lowest BCUT2D eigenvalue weighted by atomic mass is 10.2. The second-order valence-electron chi connectivity index (χ2n) is 2.56. The quantitative estimate of drug-likeness (QED) is 0.797. The molecule has 0 saturated heterocycles. The molecule has 13 heavy (non-hydrogen) atoms. The lowest BCUT2D eigenvalue weighted by molar-refractivity contribution is 1.09. The fourth-order valence-corrected chi connectivity index (χ4v) is 1.26. The van der Waals surface area contributed by atoms with Crippen LogP contribution in [0, 0.1) is 0 Å². The van der Waals surface area contributed by atoms with E-state index in [0.29, 0.717) is 5.69 Å². The van der Waals surface area contributed by atoms with Gasteiger partial charge in [-0.05, 0) is 28.1 Å². The monoisotopic (exact) mass is 238 g/mol. The molecule has 0 aliphatic heterocycles. The molecule has 0 bridgehead atoms. The van der Waals surface area contributed by atoms with Gasteiger partial charge in [0, 0.05) is 10.7 Å². The van der Waals surface area contributed by atoms with E-state index in [9.17, 15) is 0 Å². The Morgan fingerprint density at radius 1 is 1.31 bits per heavy atom. The van der Waals surface area contributed by atoms with Crippen molar-refractivity contribution in [3.63, 3.8) is 0 Å². The minimum absolute atomic E-state index is 0.606. The number of nitrogens with zero attached hydrogens (tertiary/aromatic N) is 2. The Hall–Kier alpha value is -1.36. The van der Waals surface area contributed by atoms with E-state index in [-0.39, 0.29) is 0 Å². The van der Waals surface area contributed by atoms with Gasteiger partial charge in [-0.3, -0.25) is 10.1 Å². The van der Waals surface area contributed by atoms with Crippen molar-refractivity contribution in [3.8, 4) is 11.4 Å². The molecule has 3 N–H and O–H groups in total. The van der Waals surface area contributed by atoms with E-state index in [1.807, 2.05) is 12.1 Å². The molecule has 0 fully saturated rings. The Bertz CT molecular complexity index is 406. The summed E-state index contributed by atoms with van der Waals surface area (Å²) in [6.45, 7) is 0. The van der Waals surface area contributed by atoms with Crippen LogP contribution in [0.2, 0.25) is 0 Å². The maximum Gasteiger partial charge on any atom is 0.106 e. The zero-order valence-electron chi connectivity index (χ0n) is 6.66. The predicted molar refractivity (Wildman–Crippen MR) is 53.9 cm³/mol. The smallest absolute Gasteiger partial charge is 0.106 e. The zero-order valence-corrected chi connectivity index (χ0v) is 8.25. The molecule has 2 rings (SSSR count). The van der Waals surface area contributed by atoms with Gasteiger partial charge in [0.15, 0.2) is 0 Å². The van der Waals surface area contributed by atoms with Crippen molar-refractivity contribution >= 4 is 21.6 Å². The number of nitrogen functional groups attached to an aromatic ring is 1. The summed E-state index contributed by atoms with van der Waals surface area (Å²) in [5, 5.41) is 6.61. The maximum absolute atomic E-state index is 5.67. The van der Waals surface area contributed by atoms with Gasteiger partial charge in [-0.2, -0.15) is 5.10 Å². The third-order valence-electron chi connectivity index (χ3n) is 1.65. The fraction of sp³-hybridized carbons (Fsp3) is 0. The number of hydrogen-bond donors (Lipinski definition) is 2. The Kier molecular flexibility index (Phi) is 2.02. The highest BCUT2D eigenvalue weighted by Gasteiger charge is 2.04. The predicted octanol–water partition coefficient (Wildman–Crippen LogP) is 1.82. The van der Waals surface area contributed by atoms with Crippen molar-refractivity contribution in [2.24, 2.45) is 0 Å². The Morgan fingerprint density at radius 3 is 2.69 bits per heavy atom. The van der Waals surface area contributed by atoms with E-state index in [1.54, 1.807) is 12.4 Å². The molecule has 66 valence electrons. The summed E-state index contributed by atoms with van der Waals surface area (Å²) in [6.07, 6.45) is 3.29. The second kappa shape index (κ2) is 3.18. The van der Waals surface area contributed by atoms with Gasteiger partial charge in [-0.25, -0.2) is 0 Å². The molecule has 4 nitrogen and oxygen atoms in total. The highest BCUT2D eigenvalue weighted by Crippen LogP contribution is 2.21. The van der Waals surface area contributed by atoms with Gasteiger partial charge in [0.25, 0.3) is 0 Å². The molecular weight excluding hydrogens is 232 g/mol. The standard InChI is InChI=1S/C8H7BrN4/c9-5-1-2-7(11-3-5)8-6(10)4-12-13-8/h1-4H,10H2,(H,12,13). The van der Waals surface area contributed by atoms with Gasteiger partial charge >= 0.3 is 0 Å². The Morgan fingerprint density at radius 2 is 2.15 bits per heavy atom. The summed E-state index contributed by atoms with van der Waals surface area (Å²) in [7, 11) is 0. The van der Waals surface area contributed by atoms with Crippen LogP contribution in [-0.2, 0) is 0 Å². The molecule has 0 saturated carbocycles. The number of aromatic nitrogens is 3. The van der Waals surface area contributed by atoms with E-state index in [4.69, 9.17) is 5.73 Å². The van der Waals surface area contributed by atoms with Gasteiger partial charge in [0.2, 0.25) is 0 Å². The van der Waals surface area contributed by atoms with Gasteiger partial charge < -0.3 is 5.73 Å².